The first-order valence-corrected chi connectivity index (χ1v) is 7.63. The molecule has 1 aromatic rings. The van der Waals surface area contributed by atoms with Gasteiger partial charge in [-0.15, -0.1) is 0 Å². The molecule has 0 aliphatic carbocycles. The topological polar surface area (TPSA) is 62.5 Å². The predicted molar refractivity (Wildman–Crippen MR) is 72.2 cm³/mol. The lowest BCUT2D eigenvalue weighted by molar-refractivity contribution is -0.117. The van der Waals surface area contributed by atoms with E-state index >= 15 is 0 Å². The van der Waals surface area contributed by atoms with E-state index in [1.165, 1.54) is 0 Å². The maximum Gasteiger partial charge on any atom is 0.238 e. The summed E-state index contributed by atoms with van der Waals surface area (Å²) in [6.45, 7) is 2.93. The molecule has 0 N–H and O–H groups in total. The van der Waals surface area contributed by atoms with Crippen LogP contribution in [0.1, 0.15) is 23.7 Å². The van der Waals surface area contributed by atoms with Crippen molar-refractivity contribution in [2.75, 3.05) is 45.2 Å². The van der Waals surface area contributed by atoms with Gasteiger partial charge in [0.15, 0.2) is 11.6 Å². The summed E-state index contributed by atoms with van der Waals surface area (Å²) in [5.74, 6) is 2.53. The van der Waals surface area contributed by atoms with Crippen LogP contribution in [0.4, 0.5) is 0 Å². The van der Waals surface area contributed by atoms with Crippen LogP contribution in [0.25, 0.3) is 0 Å². The van der Waals surface area contributed by atoms with Crippen LogP contribution in [0.2, 0.25) is 0 Å². The lowest BCUT2D eigenvalue weighted by atomic mass is 10.1. The molecule has 2 unspecified atom stereocenters. The third-order valence-electron chi connectivity index (χ3n) is 3.82. The van der Waals surface area contributed by atoms with E-state index in [1.54, 1.807) is 11.8 Å². The van der Waals surface area contributed by atoms with Crippen LogP contribution in [0.5, 0.6) is 0 Å². The molecule has 2 aliphatic heterocycles. The second-order valence-electron chi connectivity index (χ2n) is 5.28. The van der Waals surface area contributed by atoms with Crippen LogP contribution in [0, 0.1) is 0 Å². The number of carbonyl (C=O) groups excluding carboxylic acids is 1. The largest absolute Gasteiger partial charge is 0.338 e. The molecule has 104 valence electrons. The van der Waals surface area contributed by atoms with Gasteiger partial charge in [0.25, 0.3) is 0 Å². The van der Waals surface area contributed by atoms with Gasteiger partial charge in [0.1, 0.15) is 5.92 Å². The van der Waals surface area contributed by atoms with Crippen LogP contribution in [0.3, 0.4) is 0 Å². The first-order chi connectivity index (χ1) is 9.15. The zero-order chi connectivity index (χ0) is 13.4. The molecule has 7 heteroatoms. The van der Waals surface area contributed by atoms with Crippen molar-refractivity contribution in [3.63, 3.8) is 0 Å². The number of thioether (sulfide) groups is 1. The Balaban J connectivity index is 1.78. The summed E-state index contributed by atoms with van der Waals surface area (Å²) in [4.78, 5) is 20.7. The number of aromatic nitrogens is 2. The molecule has 2 atom stereocenters. The summed E-state index contributed by atoms with van der Waals surface area (Å²) in [6.07, 6.45) is 0. The minimum absolute atomic E-state index is 0.153. The van der Waals surface area contributed by atoms with Gasteiger partial charge < -0.3 is 9.42 Å². The molecule has 1 aromatic heterocycles. The molecule has 0 amide bonds. The van der Waals surface area contributed by atoms with E-state index in [2.05, 4.69) is 34.0 Å². The maximum atomic E-state index is 11.7. The molecule has 2 fully saturated rings. The number of nitrogens with zero attached hydrogens (tertiary/aromatic N) is 4. The fourth-order valence-corrected chi connectivity index (χ4v) is 3.58. The van der Waals surface area contributed by atoms with E-state index in [0.717, 1.165) is 25.4 Å². The Hall–Kier alpha value is -0.920. The second kappa shape index (κ2) is 5.22. The summed E-state index contributed by atoms with van der Waals surface area (Å²) in [5, 5.41) is 4.09. The highest BCUT2D eigenvalue weighted by atomic mass is 32.2. The first-order valence-electron chi connectivity index (χ1n) is 6.48. The lowest BCUT2D eigenvalue weighted by Crippen LogP contribution is -2.45. The molecule has 6 nitrogen and oxygen atoms in total. The van der Waals surface area contributed by atoms with Gasteiger partial charge in [-0.25, -0.2) is 0 Å². The van der Waals surface area contributed by atoms with Gasteiger partial charge in [-0.1, -0.05) is 5.16 Å². The zero-order valence-corrected chi connectivity index (χ0v) is 12.0. The van der Waals surface area contributed by atoms with Crippen molar-refractivity contribution in [3.05, 3.63) is 11.7 Å². The number of hydrogen-bond donors (Lipinski definition) is 0. The van der Waals surface area contributed by atoms with Crippen molar-refractivity contribution in [2.45, 2.75) is 12.0 Å². The van der Waals surface area contributed by atoms with E-state index in [9.17, 15) is 4.79 Å². The molecule has 0 radical (unpaired) electrons. The summed E-state index contributed by atoms with van der Waals surface area (Å²) < 4.78 is 5.32. The average Bonchev–Trinajstić information content (AvgIpc) is 3.00. The number of Topliss-reactive ketones (excluding diaryl/α,β-unsaturated/α-hetero) is 1. The van der Waals surface area contributed by atoms with Crippen LogP contribution >= 0.6 is 11.8 Å². The molecule has 3 rings (SSSR count). The molecule has 0 saturated carbocycles. The Kier molecular flexibility index (Phi) is 3.60. The second-order valence-corrected chi connectivity index (χ2v) is 6.31. The smallest absolute Gasteiger partial charge is 0.238 e. The number of hydrogen-bond acceptors (Lipinski definition) is 7. The lowest BCUT2D eigenvalue weighted by Gasteiger charge is -2.35. The van der Waals surface area contributed by atoms with Gasteiger partial charge in [0.2, 0.25) is 5.89 Å². The fraction of sp³-hybridized carbons (Fsp3) is 0.750. The van der Waals surface area contributed by atoms with Gasteiger partial charge >= 0.3 is 0 Å². The summed E-state index contributed by atoms with van der Waals surface area (Å²) in [6, 6.07) is 0.153. The van der Waals surface area contributed by atoms with Crippen LogP contribution in [0.15, 0.2) is 4.52 Å². The quantitative estimate of drug-likeness (QED) is 0.777. The molecule has 0 spiro atoms. The van der Waals surface area contributed by atoms with Crippen molar-refractivity contribution in [1.29, 1.82) is 0 Å². The van der Waals surface area contributed by atoms with Gasteiger partial charge in [-0.3, -0.25) is 9.69 Å². The average molecular weight is 282 g/mol. The third kappa shape index (κ3) is 2.54. The van der Waals surface area contributed by atoms with Crippen LogP contribution in [-0.4, -0.2) is 71.0 Å². The number of piperazine rings is 1. The molecule has 19 heavy (non-hydrogen) atoms. The number of likely N-dealkylation sites (N-methyl/N-ethyl adjacent to an activating group) is 2. The molecular formula is C12H18N4O2S. The van der Waals surface area contributed by atoms with Gasteiger partial charge in [0.05, 0.1) is 11.8 Å². The summed E-state index contributed by atoms with van der Waals surface area (Å²) in [5.41, 5.74) is 0. The molecule has 3 heterocycles. The molecule has 2 aliphatic rings. The molecule has 0 aromatic carbocycles. The van der Waals surface area contributed by atoms with E-state index < -0.39 is 0 Å². The minimum atomic E-state index is -0.196. The van der Waals surface area contributed by atoms with Gasteiger partial charge in [-0.05, 0) is 14.1 Å². The van der Waals surface area contributed by atoms with Gasteiger partial charge in [0, 0.05) is 25.4 Å². The van der Waals surface area contributed by atoms with E-state index in [1.807, 2.05) is 0 Å². The van der Waals surface area contributed by atoms with Crippen LogP contribution in [-0.2, 0) is 4.79 Å². The van der Waals surface area contributed by atoms with Crippen LogP contribution < -0.4 is 0 Å². The first kappa shape index (κ1) is 13.1. The van der Waals surface area contributed by atoms with E-state index in [-0.39, 0.29) is 17.7 Å². The van der Waals surface area contributed by atoms with Crippen molar-refractivity contribution < 1.29 is 9.32 Å². The number of rotatable bonds is 2. The highest BCUT2D eigenvalue weighted by Gasteiger charge is 2.34. The Morgan fingerprint density at radius 3 is 2.95 bits per heavy atom. The van der Waals surface area contributed by atoms with E-state index in [4.69, 9.17) is 4.52 Å². The van der Waals surface area contributed by atoms with Crippen molar-refractivity contribution >= 4 is 17.5 Å². The highest BCUT2D eigenvalue weighted by Crippen LogP contribution is 2.30. The molecule has 2 saturated heterocycles. The molecule has 0 bridgehead atoms. The van der Waals surface area contributed by atoms with Crippen molar-refractivity contribution in [1.82, 2.24) is 19.9 Å². The number of carbonyl (C=O) groups is 1. The predicted octanol–water partition coefficient (Wildman–Crippen LogP) is 0.387. The fourth-order valence-electron chi connectivity index (χ4n) is 2.49. The number of ketones is 1. The van der Waals surface area contributed by atoms with Crippen molar-refractivity contribution in [3.8, 4) is 0 Å². The van der Waals surface area contributed by atoms with Crippen molar-refractivity contribution in [2.24, 2.45) is 0 Å². The third-order valence-corrected chi connectivity index (χ3v) is 4.88. The monoisotopic (exact) mass is 282 g/mol. The van der Waals surface area contributed by atoms with Gasteiger partial charge in [-0.2, -0.15) is 16.7 Å². The Morgan fingerprint density at radius 1 is 1.37 bits per heavy atom. The Morgan fingerprint density at radius 2 is 2.21 bits per heavy atom. The molecular weight excluding hydrogens is 264 g/mol. The normalized spacial score (nSPS) is 30.1. The van der Waals surface area contributed by atoms with E-state index in [0.29, 0.717) is 17.5 Å². The SMILES string of the molecule is CN1CCN(C)C(c2noc(C3CSCC3=O)n2)C1. The minimum Gasteiger partial charge on any atom is -0.338 e. The summed E-state index contributed by atoms with van der Waals surface area (Å²) in [7, 11) is 4.17. The highest BCUT2D eigenvalue weighted by molar-refractivity contribution is 8.00. The zero-order valence-electron chi connectivity index (χ0n) is 11.2. The maximum absolute atomic E-state index is 11.7. The Labute approximate surface area is 116 Å². The Bertz CT molecular complexity index is 478. The standard InChI is InChI=1S/C12H18N4O2S/c1-15-3-4-16(2)9(5-15)11-13-12(18-14-11)8-6-19-7-10(8)17/h8-9H,3-7H2,1-2H3. The summed E-state index contributed by atoms with van der Waals surface area (Å²) >= 11 is 1.63.